The fraction of sp³-hybridized carbons (Fsp3) is 0.118. The molecule has 2 aromatic carbocycles. The van der Waals surface area contributed by atoms with Crippen molar-refractivity contribution < 1.29 is 14.3 Å². The number of para-hydroxylation sites is 1. The van der Waals surface area contributed by atoms with Crippen molar-refractivity contribution in [3.8, 4) is 17.6 Å². The minimum absolute atomic E-state index is 0.261. The smallest absolute Gasteiger partial charge is 0.277 e. The first-order valence-electron chi connectivity index (χ1n) is 6.91. The predicted octanol–water partition coefficient (Wildman–Crippen LogP) is 2.75. The molecule has 0 saturated heterocycles. The van der Waals surface area contributed by atoms with Crippen LogP contribution >= 0.6 is 11.6 Å². The summed E-state index contributed by atoms with van der Waals surface area (Å²) in [6.45, 7) is -0.261. The SMILES string of the molecule is COc1ccc(Cl)cc1C=NNC(=O)COc1ccccc1C#N. The van der Waals surface area contributed by atoms with Gasteiger partial charge in [0.05, 0.1) is 18.9 Å². The minimum atomic E-state index is -0.458. The molecule has 122 valence electrons. The zero-order chi connectivity index (χ0) is 17.4. The van der Waals surface area contributed by atoms with Gasteiger partial charge in [-0.3, -0.25) is 4.79 Å². The van der Waals surface area contributed by atoms with Gasteiger partial charge in [0.2, 0.25) is 0 Å². The topological polar surface area (TPSA) is 83.7 Å². The van der Waals surface area contributed by atoms with Crippen LogP contribution in [0.15, 0.2) is 47.6 Å². The number of carbonyl (C=O) groups excluding carboxylic acids is 1. The van der Waals surface area contributed by atoms with Crippen LogP contribution in [0.3, 0.4) is 0 Å². The zero-order valence-electron chi connectivity index (χ0n) is 12.8. The maximum atomic E-state index is 11.7. The van der Waals surface area contributed by atoms with Crippen LogP contribution < -0.4 is 14.9 Å². The molecule has 0 heterocycles. The molecule has 6 nitrogen and oxygen atoms in total. The van der Waals surface area contributed by atoms with Gasteiger partial charge < -0.3 is 9.47 Å². The van der Waals surface area contributed by atoms with Crippen molar-refractivity contribution in [1.82, 2.24) is 5.43 Å². The number of hydrogen-bond donors (Lipinski definition) is 1. The van der Waals surface area contributed by atoms with Crippen LogP contribution in [0.1, 0.15) is 11.1 Å². The molecule has 0 aliphatic rings. The van der Waals surface area contributed by atoms with E-state index in [-0.39, 0.29) is 6.61 Å². The molecule has 0 aliphatic heterocycles. The Morgan fingerprint density at radius 1 is 1.33 bits per heavy atom. The number of ether oxygens (including phenoxy) is 2. The summed E-state index contributed by atoms with van der Waals surface area (Å²) in [7, 11) is 1.53. The van der Waals surface area contributed by atoms with Crippen LogP contribution in [0.2, 0.25) is 5.02 Å². The van der Waals surface area contributed by atoms with E-state index < -0.39 is 5.91 Å². The Kier molecular flexibility index (Phi) is 6.17. The highest BCUT2D eigenvalue weighted by Gasteiger charge is 2.06. The Morgan fingerprint density at radius 2 is 2.12 bits per heavy atom. The first-order valence-corrected chi connectivity index (χ1v) is 7.29. The number of carbonyl (C=O) groups is 1. The summed E-state index contributed by atoms with van der Waals surface area (Å²) in [5, 5.41) is 13.3. The van der Waals surface area contributed by atoms with E-state index >= 15 is 0 Å². The molecular weight excluding hydrogens is 330 g/mol. The largest absolute Gasteiger partial charge is 0.496 e. The molecule has 24 heavy (non-hydrogen) atoms. The Labute approximate surface area is 144 Å². The lowest BCUT2D eigenvalue weighted by Gasteiger charge is -2.06. The second kappa shape index (κ2) is 8.56. The van der Waals surface area contributed by atoms with Gasteiger partial charge in [-0.15, -0.1) is 0 Å². The second-order valence-electron chi connectivity index (χ2n) is 4.58. The van der Waals surface area contributed by atoms with Gasteiger partial charge in [0.1, 0.15) is 17.6 Å². The number of nitrogens with one attached hydrogen (secondary N) is 1. The average Bonchev–Trinajstić information content (AvgIpc) is 2.60. The van der Waals surface area contributed by atoms with Gasteiger partial charge in [0, 0.05) is 10.6 Å². The first kappa shape index (κ1) is 17.3. The monoisotopic (exact) mass is 343 g/mol. The molecule has 2 aromatic rings. The molecular formula is C17H14ClN3O3. The summed E-state index contributed by atoms with van der Waals surface area (Å²) >= 11 is 5.91. The average molecular weight is 344 g/mol. The number of benzene rings is 2. The summed E-state index contributed by atoms with van der Waals surface area (Å²) in [5.41, 5.74) is 3.32. The normalized spacial score (nSPS) is 10.2. The lowest BCUT2D eigenvalue weighted by molar-refractivity contribution is -0.123. The lowest BCUT2D eigenvalue weighted by atomic mass is 10.2. The summed E-state index contributed by atoms with van der Waals surface area (Å²) in [6.07, 6.45) is 1.42. The van der Waals surface area contributed by atoms with Crippen molar-refractivity contribution in [2.24, 2.45) is 5.10 Å². The molecule has 1 N–H and O–H groups in total. The fourth-order valence-corrected chi connectivity index (χ4v) is 2.02. The number of methoxy groups -OCH3 is 1. The van der Waals surface area contributed by atoms with Crippen molar-refractivity contribution in [3.05, 3.63) is 58.6 Å². The van der Waals surface area contributed by atoms with Crippen LogP contribution in [0.25, 0.3) is 0 Å². The van der Waals surface area contributed by atoms with Gasteiger partial charge in [-0.1, -0.05) is 23.7 Å². The van der Waals surface area contributed by atoms with Crippen LogP contribution in [-0.4, -0.2) is 25.8 Å². The van der Waals surface area contributed by atoms with Crippen molar-refractivity contribution in [2.75, 3.05) is 13.7 Å². The predicted molar refractivity (Wildman–Crippen MR) is 90.4 cm³/mol. The number of hydrazone groups is 1. The minimum Gasteiger partial charge on any atom is -0.496 e. The summed E-state index contributed by atoms with van der Waals surface area (Å²) < 4.78 is 10.5. The second-order valence-corrected chi connectivity index (χ2v) is 5.01. The maximum absolute atomic E-state index is 11.7. The van der Waals surface area contributed by atoms with E-state index in [1.807, 2.05) is 6.07 Å². The van der Waals surface area contributed by atoms with Crippen molar-refractivity contribution in [1.29, 1.82) is 5.26 Å². The molecule has 1 amide bonds. The van der Waals surface area contributed by atoms with Gasteiger partial charge in [0.25, 0.3) is 5.91 Å². The summed E-state index contributed by atoms with van der Waals surface area (Å²) in [5.74, 6) is 0.465. The number of hydrogen-bond acceptors (Lipinski definition) is 5. The van der Waals surface area contributed by atoms with E-state index in [4.69, 9.17) is 26.3 Å². The number of nitriles is 1. The number of amides is 1. The highest BCUT2D eigenvalue weighted by molar-refractivity contribution is 6.30. The molecule has 0 bridgehead atoms. The lowest BCUT2D eigenvalue weighted by Crippen LogP contribution is -2.24. The van der Waals surface area contributed by atoms with E-state index in [0.29, 0.717) is 27.6 Å². The van der Waals surface area contributed by atoms with Crippen molar-refractivity contribution in [2.45, 2.75) is 0 Å². The maximum Gasteiger partial charge on any atom is 0.277 e. The standard InChI is InChI=1S/C17H14ClN3O3/c1-23-15-7-6-14(18)8-13(15)10-20-21-17(22)11-24-16-5-3-2-4-12(16)9-19/h2-8,10H,11H2,1H3,(H,21,22). The van der Waals surface area contributed by atoms with Crippen LogP contribution in [0, 0.1) is 11.3 Å². The zero-order valence-corrected chi connectivity index (χ0v) is 13.6. The summed E-state index contributed by atoms with van der Waals surface area (Å²) in [4.78, 5) is 11.7. The highest BCUT2D eigenvalue weighted by atomic mass is 35.5. The number of halogens is 1. The molecule has 2 rings (SSSR count). The fourth-order valence-electron chi connectivity index (χ4n) is 1.84. The molecule has 0 saturated carbocycles. The van der Waals surface area contributed by atoms with E-state index in [1.54, 1.807) is 42.5 Å². The third kappa shape index (κ3) is 4.73. The van der Waals surface area contributed by atoms with Gasteiger partial charge in [0.15, 0.2) is 6.61 Å². The van der Waals surface area contributed by atoms with Gasteiger partial charge >= 0.3 is 0 Å². The van der Waals surface area contributed by atoms with Gasteiger partial charge in [-0.2, -0.15) is 10.4 Å². The Balaban J connectivity index is 1.92. The first-order chi connectivity index (χ1) is 11.6. The highest BCUT2D eigenvalue weighted by Crippen LogP contribution is 2.20. The van der Waals surface area contributed by atoms with Crippen molar-refractivity contribution in [3.63, 3.8) is 0 Å². The van der Waals surface area contributed by atoms with Gasteiger partial charge in [-0.25, -0.2) is 5.43 Å². The van der Waals surface area contributed by atoms with E-state index in [0.717, 1.165) is 0 Å². The Hall–Kier alpha value is -3.04. The molecule has 7 heteroatoms. The third-order valence-electron chi connectivity index (χ3n) is 2.95. The quantitative estimate of drug-likeness (QED) is 0.645. The molecule has 0 aromatic heterocycles. The molecule has 0 aliphatic carbocycles. The molecule has 0 radical (unpaired) electrons. The van der Waals surface area contributed by atoms with Gasteiger partial charge in [-0.05, 0) is 30.3 Å². The number of nitrogens with zero attached hydrogens (tertiary/aromatic N) is 2. The molecule has 0 spiro atoms. The van der Waals surface area contributed by atoms with E-state index in [9.17, 15) is 4.79 Å². The molecule has 0 unspecified atom stereocenters. The van der Waals surface area contributed by atoms with Crippen LogP contribution in [-0.2, 0) is 4.79 Å². The number of rotatable bonds is 6. The van der Waals surface area contributed by atoms with E-state index in [2.05, 4.69) is 10.5 Å². The summed E-state index contributed by atoms with van der Waals surface area (Å²) in [6, 6.07) is 13.7. The van der Waals surface area contributed by atoms with Crippen LogP contribution in [0.5, 0.6) is 11.5 Å². The molecule has 0 atom stereocenters. The Morgan fingerprint density at radius 3 is 2.88 bits per heavy atom. The third-order valence-corrected chi connectivity index (χ3v) is 3.19. The Bertz CT molecular complexity index is 800. The van der Waals surface area contributed by atoms with E-state index in [1.165, 1.54) is 13.3 Å². The molecule has 0 fully saturated rings. The van der Waals surface area contributed by atoms with Crippen LogP contribution in [0.4, 0.5) is 0 Å². The van der Waals surface area contributed by atoms with Crippen molar-refractivity contribution >= 4 is 23.7 Å².